The molecule has 0 bridgehead atoms. The SMILES string of the molecule is Oc1ccc2c(c1)CCN[C@@H]2CCBr. The number of aromatic hydroxyl groups is 1. The Morgan fingerprint density at radius 2 is 2.36 bits per heavy atom. The molecule has 3 heteroatoms. The van der Waals surface area contributed by atoms with Gasteiger partial charge in [0.15, 0.2) is 0 Å². The molecule has 14 heavy (non-hydrogen) atoms. The van der Waals surface area contributed by atoms with E-state index < -0.39 is 0 Å². The van der Waals surface area contributed by atoms with Crippen LogP contribution < -0.4 is 5.32 Å². The smallest absolute Gasteiger partial charge is 0.115 e. The van der Waals surface area contributed by atoms with Crippen molar-refractivity contribution >= 4 is 15.9 Å². The summed E-state index contributed by atoms with van der Waals surface area (Å²) in [7, 11) is 0. The predicted octanol–water partition coefficient (Wildman–Crippen LogP) is 2.36. The van der Waals surface area contributed by atoms with Crippen molar-refractivity contribution in [3.63, 3.8) is 0 Å². The number of fused-ring (bicyclic) bond motifs is 1. The van der Waals surface area contributed by atoms with E-state index in [2.05, 4.69) is 21.2 Å². The number of rotatable bonds is 2. The number of hydrogen-bond donors (Lipinski definition) is 2. The van der Waals surface area contributed by atoms with Crippen LogP contribution in [0.3, 0.4) is 0 Å². The van der Waals surface area contributed by atoms with Crippen LogP contribution in [0.25, 0.3) is 0 Å². The predicted molar refractivity (Wildman–Crippen MR) is 61.0 cm³/mol. The summed E-state index contributed by atoms with van der Waals surface area (Å²) in [5, 5.41) is 13.9. The van der Waals surface area contributed by atoms with Gasteiger partial charge in [0.05, 0.1) is 0 Å². The maximum absolute atomic E-state index is 9.37. The summed E-state index contributed by atoms with van der Waals surface area (Å²) in [6, 6.07) is 6.13. The Kier molecular flexibility index (Phi) is 3.08. The molecule has 0 spiro atoms. The van der Waals surface area contributed by atoms with Gasteiger partial charge in [-0.2, -0.15) is 0 Å². The zero-order valence-electron chi connectivity index (χ0n) is 7.96. The van der Waals surface area contributed by atoms with Gasteiger partial charge in [-0.05, 0) is 42.6 Å². The second-order valence-electron chi connectivity index (χ2n) is 3.62. The van der Waals surface area contributed by atoms with Crippen molar-refractivity contribution in [2.75, 3.05) is 11.9 Å². The lowest BCUT2D eigenvalue weighted by Gasteiger charge is -2.26. The molecule has 2 rings (SSSR count). The summed E-state index contributed by atoms with van der Waals surface area (Å²) in [5.74, 6) is 0.378. The highest BCUT2D eigenvalue weighted by Gasteiger charge is 2.18. The van der Waals surface area contributed by atoms with Gasteiger partial charge in [-0.25, -0.2) is 0 Å². The van der Waals surface area contributed by atoms with E-state index in [1.54, 1.807) is 6.07 Å². The zero-order valence-corrected chi connectivity index (χ0v) is 9.55. The van der Waals surface area contributed by atoms with Crippen LogP contribution in [0.2, 0.25) is 0 Å². The normalized spacial score (nSPS) is 20.5. The standard InChI is InChI=1S/C11H14BrNO/c12-5-3-11-10-2-1-9(14)7-8(10)4-6-13-11/h1-2,7,11,13-14H,3-6H2/t11-/m1/s1. The van der Waals surface area contributed by atoms with Crippen LogP contribution in [0.5, 0.6) is 5.75 Å². The van der Waals surface area contributed by atoms with Crippen molar-refractivity contribution in [1.29, 1.82) is 0 Å². The van der Waals surface area contributed by atoms with Gasteiger partial charge >= 0.3 is 0 Å². The molecule has 0 aliphatic carbocycles. The molecule has 0 amide bonds. The Hall–Kier alpha value is -0.540. The minimum atomic E-state index is 0.378. The van der Waals surface area contributed by atoms with Crippen LogP contribution in [-0.2, 0) is 6.42 Å². The number of phenolic OH excluding ortho intramolecular Hbond substituents is 1. The molecule has 0 fully saturated rings. The van der Waals surface area contributed by atoms with E-state index in [4.69, 9.17) is 0 Å². The summed E-state index contributed by atoms with van der Waals surface area (Å²) in [6.45, 7) is 1.01. The van der Waals surface area contributed by atoms with E-state index in [1.165, 1.54) is 11.1 Å². The molecule has 0 aromatic heterocycles. The van der Waals surface area contributed by atoms with Gasteiger partial charge in [-0.1, -0.05) is 22.0 Å². The number of halogens is 1. The first-order chi connectivity index (χ1) is 6.81. The van der Waals surface area contributed by atoms with E-state index in [0.717, 1.165) is 24.7 Å². The Morgan fingerprint density at radius 3 is 3.14 bits per heavy atom. The van der Waals surface area contributed by atoms with Crippen molar-refractivity contribution in [2.24, 2.45) is 0 Å². The number of benzene rings is 1. The van der Waals surface area contributed by atoms with E-state index >= 15 is 0 Å². The highest BCUT2D eigenvalue weighted by Crippen LogP contribution is 2.28. The fourth-order valence-corrected chi connectivity index (χ4v) is 2.46. The van der Waals surface area contributed by atoms with Gasteiger partial charge in [0.25, 0.3) is 0 Å². The lowest BCUT2D eigenvalue weighted by atomic mass is 9.93. The largest absolute Gasteiger partial charge is 0.508 e. The average Bonchev–Trinajstić information content (AvgIpc) is 2.18. The van der Waals surface area contributed by atoms with Crippen LogP contribution in [0.4, 0.5) is 0 Å². The zero-order chi connectivity index (χ0) is 9.97. The third-order valence-corrected chi connectivity index (χ3v) is 3.14. The van der Waals surface area contributed by atoms with Gasteiger partial charge in [0, 0.05) is 11.4 Å². The minimum absolute atomic E-state index is 0.378. The molecule has 0 radical (unpaired) electrons. The Morgan fingerprint density at radius 1 is 1.50 bits per heavy atom. The molecule has 1 aliphatic rings. The molecule has 1 aliphatic heterocycles. The topological polar surface area (TPSA) is 32.3 Å². The Bertz CT molecular complexity index is 327. The molecule has 1 aromatic rings. The third-order valence-electron chi connectivity index (χ3n) is 2.68. The van der Waals surface area contributed by atoms with Crippen LogP contribution in [0.1, 0.15) is 23.6 Å². The molecule has 1 aromatic carbocycles. The molecule has 0 unspecified atom stereocenters. The lowest BCUT2D eigenvalue weighted by Crippen LogP contribution is -2.29. The van der Waals surface area contributed by atoms with E-state index in [0.29, 0.717) is 11.8 Å². The first kappa shape index (κ1) is 9.99. The molecule has 2 nitrogen and oxygen atoms in total. The molecular weight excluding hydrogens is 242 g/mol. The van der Waals surface area contributed by atoms with E-state index in [9.17, 15) is 5.11 Å². The first-order valence-electron chi connectivity index (χ1n) is 4.92. The van der Waals surface area contributed by atoms with Gasteiger partial charge in [0.1, 0.15) is 5.75 Å². The van der Waals surface area contributed by atoms with Crippen molar-refractivity contribution in [1.82, 2.24) is 5.32 Å². The minimum Gasteiger partial charge on any atom is -0.508 e. The molecule has 1 atom stereocenters. The highest BCUT2D eigenvalue weighted by atomic mass is 79.9. The Balaban J connectivity index is 2.30. The maximum Gasteiger partial charge on any atom is 0.115 e. The number of hydrogen-bond acceptors (Lipinski definition) is 2. The van der Waals surface area contributed by atoms with Crippen molar-refractivity contribution < 1.29 is 5.11 Å². The van der Waals surface area contributed by atoms with Crippen LogP contribution in [0.15, 0.2) is 18.2 Å². The average molecular weight is 256 g/mol. The second kappa shape index (κ2) is 4.32. The summed E-state index contributed by atoms with van der Waals surface area (Å²) in [5.41, 5.74) is 2.63. The quantitative estimate of drug-likeness (QED) is 0.796. The van der Waals surface area contributed by atoms with Crippen LogP contribution in [0, 0.1) is 0 Å². The number of alkyl halides is 1. The molecule has 1 heterocycles. The molecule has 2 N–H and O–H groups in total. The molecule has 76 valence electrons. The van der Waals surface area contributed by atoms with Gasteiger partial charge in [0.2, 0.25) is 0 Å². The summed E-state index contributed by atoms with van der Waals surface area (Å²) in [6.07, 6.45) is 2.11. The van der Waals surface area contributed by atoms with E-state index in [-0.39, 0.29) is 0 Å². The van der Waals surface area contributed by atoms with E-state index in [1.807, 2.05) is 12.1 Å². The van der Waals surface area contributed by atoms with Gasteiger partial charge in [-0.3, -0.25) is 0 Å². The third kappa shape index (κ3) is 1.93. The van der Waals surface area contributed by atoms with Crippen molar-refractivity contribution in [2.45, 2.75) is 18.9 Å². The summed E-state index contributed by atoms with van der Waals surface area (Å²) in [4.78, 5) is 0. The highest BCUT2D eigenvalue weighted by molar-refractivity contribution is 9.09. The maximum atomic E-state index is 9.37. The summed E-state index contributed by atoms with van der Waals surface area (Å²) < 4.78 is 0. The van der Waals surface area contributed by atoms with Crippen molar-refractivity contribution in [3.8, 4) is 5.75 Å². The lowest BCUT2D eigenvalue weighted by molar-refractivity contribution is 0.465. The summed E-state index contributed by atoms with van der Waals surface area (Å²) >= 11 is 3.46. The molecule has 0 saturated heterocycles. The molecular formula is C11H14BrNO. The Labute approximate surface area is 92.5 Å². The van der Waals surface area contributed by atoms with Crippen LogP contribution in [-0.4, -0.2) is 17.0 Å². The fraction of sp³-hybridized carbons (Fsp3) is 0.455. The fourth-order valence-electron chi connectivity index (χ4n) is 2.01. The van der Waals surface area contributed by atoms with Gasteiger partial charge < -0.3 is 10.4 Å². The first-order valence-corrected chi connectivity index (χ1v) is 6.04. The monoisotopic (exact) mass is 255 g/mol. The molecule has 0 saturated carbocycles. The van der Waals surface area contributed by atoms with Crippen molar-refractivity contribution in [3.05, 3.63) is 29.3 Å². The second-order valence-corrected chi connectivity index (χ2v) is 4.41. The number of nitrogens with one attached hydrogen (secondary N) is 1. The number of phenols is 1. The van der Waals surface area contributed by atoms with Crippen LogP contribution >= 0.6 is 15.9 Å². The van der Waals surface area contributed by atoms with Gasteiger partial charge in [-0.15, -0.1) is 0 Å².